The molecule has 6 heteroatoms. The molecule has 5 nitrogen and oxygen atoms in total. The van der Waals surface area contributed by atoms with Gasteiger partial charge in [-0.1, -0.05) is 0 Å². The molecule has 0 aromatic heterocycles. The average Bonchev–Trinajstić information content (AvgIpc) is 2.40. The third kappa shape index (κ3) is 2.08. The summed E-state index contributed by atoms with van der Waals surface area (Å²) in [5, 5.41) is 11.4. The van der Waals surface area contributed by atoms with Crippen molar-refractivity contribution >= 4 is 24.0 Å². The number of nitrogens with two attached hydrogens (primary N) is 1. The maximum atomic E-state index is 10.9. The predicted octanol–water partition coefficient (Wildman–Crippen LogP) is -0.593. The Labute approximate surface area is 86.4 Å². The van der Waals surface area contributed by atoms with Crippen LogP contribution in [0.25, 0.3) is 0 Å². The van der Waals surface area contributed by atoms with Crippen molar-refractivity contribution in [2.24, 2.45) is 5.73 Å². The van der Waals surface area contributed by atoms with Crippen LogP contribution >= 0.6 is 11.8 Å². The van der Waals surface area contributed by atoms with Gasteiger partial charge in [0.1, 0.15) is 12.3 Å². The fourth-order valence-electron chi connectivity index (χ4n) is 1.42. The first kappa shape index (κ1) is 11.5. The molecule has 0 aromatic carbocycles. The van der Waals surface area contributed by atoms with E-state index in [4.69, 9.17) is 10.8 Å². The molecule has 4 N–H and O–H groups in total. The molecule has 1 aliphatic heterocycles. The number of aliphatic carboxylic acids is 1. The minimum atomic E-state index is -0.914. The number of thioether (sulfide) groups is 1. The van der Waals surface area contributed by atoms with Crippen LogP contribution in [0.2, 0.25) is 0 Å². The summed E-state index contributed by atoms with van der Waals surface area (Å²) < 4.78 is -0.447. The van der Waals surface area contributed by atoms with Crippen LogP contribution in [-0.2, 0) is 9.59 Å². The molecule has 1 fully saturated rings. The molecule has 0 bridgehead atoms. The lowest BCUT2D eigenvalue weighted by atomic mass is 10.0. The number of aldehydes is 1. The van der Waals surface area contributed by atoms with Gasteiger partial charge in [-0.3, -0.25) is 10.1 Å². The molecule has 1 heterocycles. The van der Waals surface area contributed by atoms with Gasteiger partial charge in [-0.15, -0.1) is 11.8 Å². The molecule has 0 spiro atoms. The highest BCUT2D eigenvalue weighted by Crippen LogP contribution is 2.38. The maximum absolute atomic E-state index is 10.9. The third-order valence-electron chi connectivity index (χ3n) is 2.21. The minimum absolute atomic E-state index is 0.316. The molecule has 0 aliphatic carbocycles. The van der Waals surface area contributed by atoms with Crippen LogP contribution in [0.4, 0.5) is 0 Å². The van der Waals surface area contributed by atoms with Crippen molar-refractivity contribution in [2.45, 2.75) is 36.1 Å². The number of carboxylic acid groups (broad SMARTS) is 1. The summed E-state index contributed by atoms with van der Waals surface area (Å²) in [5.74, 6) is -0.914. The second-order valence-electron chi connectivity index (χ2n) is 3.79. The number of carbonyl (C=O) groups is 2. The zero-order valence-electron chi connectivity index (χ0n) is 8.06. The standard InChI is InChI=1S/C8H14N2O3S/c1-8(2)5(7(12)13)10-6(14-8)4(9)3-11/h3-6,10H,9H2,1-2H3,(H,12,13)/t4-,5?,6?/m1/s1. The smallest absolute Gasteiger partial charge is 0.322 e. The normalized spacial score (nSPS) is 32.5. The van der Waals surface area contributed by atoms with E-state index in [0.29, 0.717) is 6.29 Å². The van der Waals surface area contributed by atoms with Crippen molar-refractivity contribution in [1.82, 2.24) is 5.32 Å². The van der Waals surface area contributed by atoms with Gasteiger partial charge >= 0.3 is 5.97 Å². The summed E-state index contributed by atoms with van der Waals surface area (Å²) in [6, 6.07) is -1.33. The van der Waals surface area contributed by atoms with Crippen LogP contribution in [0.15, 0.2) is 0 Å². The number of carbonyl (C=O) groups excluding carboxylic acids is 1. The second kappa shape index (κ2) is 3.88. The first-order chi connectivity index (χ1) is 6.38. The van der Waals surface area contributed by atoms with E-state index in [1.54, 1.807) is 0 Å². The van der Waals surface area contributed by atoms with Crippen LogP contribution in [0.1, 0.15) is 13.8 Å². The molecule has 1 aliphatic rings. The van der Waals surface area contributed by atoms with Gasteiger partial charge in [-0.25, -0.2) is 0 Å². The van der Waals surface area contributed by atoms with Crippen molar-refractivity contribution in [1.29, 1.82) is 0 Å². The van der Waals surface area contributed by atoms with E-state index in [1.165, 1.54) is 11.8 Å². The maximum Gasteiger partial charge on any atom is 0.322 e. The number of hydrogen-bond donors (Lipinski definition) is 3. The van der Waals surface area contributed by atoms with E-state index >= 15 is 0 Å². The lowest BCUT2D eigenvalue weighted by molar-refractivity contribution is -0.140. The fraction of sp³-hybridized carbons (Fsp3) is 0.750. The van der Waals surface area contributed by atoms with Gasteiger partial charge < -0.3 is 15.6 Å². The number of hydrogen-bond acceptors (Lipinski definition) is 5. The van der Waals surface area contributed by atoms with Crippen molar-refractivity contribution in [3.05, 3.63) is 0 Å². The highest BCUT2D eigenvalue weighted by atomic mass is 32.2. The lowest BCUT2D eigenvalue weighted by Gasteiger charge is -2.20. The van der Waals surface area contributed by atoms with E-state index in [0.717, 1.165) is 0 Å². The molecule has 0 amide bonds. The topological polar surface area (TPSA) is 92.4 Å². The molecular weight excluding hydrogens is 204 g/mol. The van der Waals surface area contributed by atoms with Gasteiger partial charge in [-0.05, 0) is 13.8 Å². The first-order valence-electron chi connectivity index (χ1n) is 4.26. The van der Waals surface area contributed by atoms with E-state index < -0.39 is 22.8 Å². The third-order valence-corrected chi connectivity index (χ3v) is 3.76. The van der Waals surface area contributed by atoms with Gasteiger partial charge in [0.2, 0.25) is 0 Å². The summed E-state index contributed by atoms with van der Waals surface area (Å²) >= 11 is 1.39. The Morgan fingerprint density at radius 3 is 2.64 bits per heavy atom. The fourth-order valence-corrected chi connectivity index (χ4v) is 2.81. The summed E-state index contributed by atoms with van der Waals surface area (Å²) in [7, 11) is 0. The van der Waals surface area contributed by atoms with Crippen LogP contribution in [0, 0.1) is 0 Å². The predicted molar refractivity (Wildman–Crippen MR) is 54.1 cm³/mol. The molecule has 14 heavy (non-hydrogen) atoms. The Morgan fingerprint density at radius 1 is 1.71 bits per heavy atom. The molecule has 2 unspecified atom stereocenters. The van der Waals surface area contributed by atoms with Crippen LogP contribution in [0.3, 0.4) is 0 Å². The van der Waals surface area contributed by atoms with E-state index in [-0.39, 0.29) is 5.37 Å². The van der Waals surface area contributed by atoms with Gasteiger partial charge in [-0.2, -0.15) is 0 Å². The minimum Gasteiger partial charge on any atom is -0.480 e. The average molecular weight is 218 g/mol. The zero-order valence-corrected chi connectivity index (χ0v) is 8.88. The Morgan fingerprint density at radius 2 is 2.29 bits per heavy atom. The highest BCUT2D eigenvalue weighted by molar-refractivity contribution is 8.01. The monoisotopic (exact) mass is 218 g/mol. The molecule has 0 aromatic rings. The van der Waals surface area contributed by atoms with Gasteiger partial charge in [0.05, 0.1) is 11.4 Å². The molecule has 3 atom stereocenters. The number of nitrogens with one attached hydrogen (secondary N) is 1. The van der Waals surface area contributed by atoms with E-state index in [1.807, 2.05) is 13.8 Å². The lowest BCUT2D eigenvalue weighted by Crippen LogP contribution is -2.48. The Balaban J connectivity index is 2.76. The van der Waals surface area contributed by atoms with Gasteiger partial charge in [0.25, 0.3) is 0 Å². The largest absolute Gasteiger partial charge is 0.480 e. The molecule has 1 saturated heterocycles. The van der Waals surface area contributed by atoms with Crippen LogP contribution in [0.5, 0.6) is 0 Å². The molecule has 0 radical (unpaired) electrons. The van der Waals surface area contributed by atoms with E-state index in [9.17, 15) is 9.59 Å². The van der Waals surface area contributed by atoms with Crippen molar-refractivity contribution in [3.8, 4) is 0 Å². The number of carboxylic acids is 1. The molecule has 80 valence electrons. The highest BCUT2D eigenvalue weighted by Gasteiger charge is 2.46. The van der Waals surface area contributed by atoms with Crippen molar-refractivity contribution < 1.29 is 14.7 Å². The zero-order chi connectivity index (χ0) is 10.9. The summed E-state index contributed by atoms with van der Waals surface area (Å²) in [6.45, 7) is 3.64. The molecule has 0 saturated carbocycles. The van der Waals surface area contributed by atoms with Gasteiger partial charge in [0.15, 0.2) is 0 Å². The Kier molecular flexibility index (Phi) is 3.18. The van der Waals surface area contributed by atoms with Crippen molar-refractivity contribution in [3.63, 3.8) is 0 Å². The quantitative estimate of drug-likeness (QED) is 0.548. The van der Waals surface area contributed by atoms with E-state index in [2.05, 4.69) is 5.32 Å². The second-order valence-corrected chi connectivity index (χ2v) is 5.59. The van der Waals surface area contributed by atoms with Gasteiger partial charge in [0, 0.05) is 4.75 Å². The van der Waals surface area contributed by atoms with Crippen LogP contribution in [-0.4, -0.2) is 39.6 Å². The Bertz CT molecular complexity index is 257. The SMILES string of the molecule is CC1(C)SC([C@H](N)C=O)NC1C(=O)O. The summed E-state index contributed by atoms with van der Waals surface area (Å²) in [4.78, 5) is 21.3. The Hall–Kier alpha value is -0.590. The van der Waals surface area contributed by atoms with Crippen molar-refractivity contribution in [2.75, 3.05) is 0 Å². The molecular formula is C8H14N2O3S. The van der Waals surface area contributed by atoms with Crippen LogP contribution < -0.4 is 11.1 Å². The first-order valence-corrected chi connectivity index (χ1v) is 5.14. The summed E-state index contributed by atoms with van der Waals surface area (Å²) in [6.07, 6.45) is 0.630. The summed E-state index contributed by atoms with van der Waals surface area (Å²) in [5.41, 5.74) is 5.52. The molecule has 1 rings (SSSR count). The number of rotatable bonds is 3.